The summed E-state index contributed by atoms with van der Waals surface area (Å²) in [5.74, 6) is -1.05. The summed E-state index contributed by atoms with van der Waals surface area (Å²) in [6.45, 7) is 0. The molecule has 1 N–H and O–H groups in total. The van der Waals surface area contributed by atoms with Crippen molar-refractivity contribution in [1.29, 1.82) is 0 Å². The number of aromatic nitrogens is 1. The first-order chi connectivity index (χ1) is 9.38. The van der Waals surface area contributed by atoms with Gasteiger partial charge in [-0.25, -0.2) is 13.4 Å². The summed E-state index contributed by atoms with van der Waals surface area (Å²) in [6.07, 6.45) is 0. The minimum absolute atomic E-state index is 0.212. The number of anilines is 1. The predicted octanol–water partition coefficient (Wildman–Crippen LogP) is 1.93. The van der Waals surface area contributed by atoms with Crippen LogP contribution < -0.4 is 4.72 Å². The molecule has 1 aromatic carbocycles. The highest BCUT2D eigenvalue weighted by molar-refractivity contribution is 7.92. The topological polar surface area (TPSA) is 102 Å². The molecule has 20 heavy (non-hydrogen) atoms. The van der Waals surface area contributed by atoms with E-state index in [0.717, 1.165) is 12.1 Å². The number of hydrogen-bond acceptors (Lipinski definition) is 5. The third-order valence-corrected chi connectivity index (χ3v) is 3.65. The van der Waals surface area contributed by atoms with Gasteiger partial charge in [0.05, 0.1) is 9.82 Å². The number of nitro groups is 1. The molecule has 7 nitrogen and oxygen atoms in total. The van der Waals surface area contributed by atoms with Gasteiger partial charge in [0.25, 0.3) is 15.7 Å². The maximum Gasteiger partial charge on any atom is 0.270 e. The van der Waals surface area contributed by atoms with Gasteiger partial charge in [0.1, 0.15) is 5.82 Å². The minimum Gasteiger partial charge on any atom is -0.263 e. The normalized spacial score (nSPS) is 11.1. The predicted molar refractivity (Wildman–Crippen MR) is 68.1 cm³/mol. The number of pyridine rings is 1. The number of rotatable bonds is 4. The molecule has 0 bridgehead atoms. The third kappa shape index (κ3) is 3.06. The van der Waals surface area contributed by atoms with Gasteiger partial charge in [-0.1, -0.05) is 12.1 Å². The molecular formula is C11H8FN3O4S. The van der Waals surface area contributed by atoms with Crippen LogP contribution in [0.3, 0.4) is 0 Å². The van der Waals surface area contributed by atoms with Crippen LogP contribution in [0.25, 0.3) is 0 Å². The molecule has 0 aliphatic carbocycles. The van der Waals surface area contributed by atoms with Crippen LogP contribution in [0.4, 0.5) is 15.9 Å². The van der Waals surface area contributed by atoms with Crippen LogP contribution in [-0.4, -0.2) is 18.3 Å². The number of nitrogens with one attached hydrogen (secondary N) is 1. The molecule has 0 atom stereocenters. The Morgan fingerprint density at radius 3 is 2.55 bits per heavy atom. The fraction of sp³-hybridized carbons (Fsp3) is 0. The summed E-state index contributed by atoms with van der Waals surface area (Å²) in [7, 11) is -4.07. The average Bonchev–Trinajstić information content (AvgIpc) is 2.38. The van der Waals surface area contributed by atoms with Crippen molar-refractivity contribution in [3.8, 4) is 0 Å². The Morgan fingerprint density at radius 2 is 1.90 bits per heavy atom. The molecule has 0 saturated heterocycles. The highest BCUT2D eigenvalue weighted by Crippen LogP contribution is 2.19. The fourth-order valence-corrected chi connectivity index (χ4v) is 2.47. The SMILES string of the molecule is O=[N+]([O-])c1cccc(S(=O)(=O)Nc2cccc(F)n2)c1. The quantitative estimate of drug-likeness (QED) is 0.527. The summed E-state index contributed by atoms with van der Waals surface area (Å²) in [4.78, 5) is 12.9. The van der Waals surface area contributed by atoms with Crippen LogP contribution in [0.5, 0.6) is 0 Å². The standard InChI is InChI=1S/C11H8FN3O4S/c12-10-5-2-6-11(13-10)14-20(18,19)9-4-1-3-8(7-9)15(16)17/h1-7H,(H,13,14). The summed E-state index contributed by atoms with van der Waals surface area (Å²) in [6, 6.07) is 8.11. The van der Waals surface area contributed by atoms with Gasteiger partial charge in [0, 0.05) is 12.1 Å². The third-order valence-electron chi connectivity index (χ3n) is 2.29. The Hall–Kier alpha value is -2.55. The Balaban J connectivity index is 2.35. The number of nitro benzene ring substituents is 1. The van der Waals surface area contributed by atoms with Crippen LogP contribution >= 0.6 is 0 Å². The summed E-state index contributed by atoms with van der Waals surface area (Å²) >= 11 is 0. The second kappa shape index (κ2) is 5.21. The Bertz CT molecular complexity index is 764. The second-order valence-electron chi connectivity index (χ2n) is 3.71. The zero-order chi connectivity index (χ0) is 14.8. The van der Waals surface area contributed by atoms with Gasteiger partial charge in [-0.15, -0.1) is 0 Å². The number of hydrogen-bond donors (Lipinski definition) is 1. The first-order valence-corrected chi connectivity index (χ1v) is 6.77. The molecule has 0 aliphatic rings. The van der Waals surface area contributed by atoms with Gasteiger partial charge in [-0.3, -0.25) is 14.8 Å². The lowest BCUT2D eigenvalue weighted by Crippen LogP contribution is -2.14. The van der Waals surface area contributed by atoms with Crippen molar-refractivity contribution in [3.63, 3.8) is 0 Å². The van der Waals surface area contributed by atoms with E-state index in [9.17, 15) is 22.9 Å². The number of benzene rings is 1. The maximum atomic E-state index is 12.9. The molecule has 0 unspecified atom stereocenters. The number of sulfonamides is 1. The van der Waals surface area contributed by atoms with E-state index in [-0.39, 0.29) is 16.4 Å². The molecule has 2 aromatic rings. The second-order valence-corrected chi connectivity index (χ2v) is 5.39. The summed E-state index contributed by atoms with van der Waals surface area (Å²) in [5.41, 5.74) is -0.361. The van der Waals surface area contributed by atoms with Gasteiger partial charge >= 0.3 is 0 Å². The molecule has 0 fully saturated rings. The van der Waals surface area contributed by atoms with E-state index in [1.165, 1.54) is 30.3 Å². The van der Waals surface area contributed by atoms with Gasteiger partial charge in [-0.2, -0.15) is 4.39 Å². The van der Waals surface area contributed by atoms with Crippen molar-refractivity contribution in [2.24, 2.45) is 0 Å². The molecule has 0 saturated carbocycles. The average molecular weight is 297 g/mol. The monoisotopic (exact) mass is 297 g/mol. The molecule has 1 aromatic heterocycles. The number of nitrogens with zero attached hydrogens (tertiary/aromatic N) is 2. The van der Waals surface area contributed by atoms with Crippen molar-refractivity contribution in [2.75, 3.05) is 4.72 Å². The van der Waals surface area contributed by atoms with E-state index in [1.54, 1.807) is 0 Å². The lowest BCUT2D eigenvalue weighted by molar-refractivity contribution is -0.385. The molecule has 1 heterocycles. The first-order valence-electron chi connectivity index (χ1n) is 5.28. The van der Waals surface area contributed by atoms with E-state index < -0.39 is 20.9 Å². The van der Waals surface area contributed by atoms with E-state index in [0.29, 0.717) is 0 Å². The van der Waals surface area contributed by atoms with Crippen LogP contribution in [0, 0.1) is 16.1 Å². The Morgan fingerprint density at radius 1 is 1.20 bits per heavy atom. The molecule has 0 radical (unpaired) electrons. The summed E-state index contributed by atoms with van der Waals surface area (Å²) < 4.78 is 38.9. The van der Waals surface area contributed by atoms with Gasteiger partial charge in [-0.05, 0) is 18.2 Å². The lowest BCUT2D eigenvalue weighted by Gasteiger charge is -2.06. The van der Waals surface area contributed by atoms with Crippen molar-refractivity contribution in [2.45, 2.75) is 4.90 Å². The van der Waals surface area contributed by atoms with Gasteiger partial charge in [0.2, 0.25) is 5.95 Å². The summed E-state index contributed by atoms with van der Waals surface area (Å²) in [5, 5.41) is 10.6. The molecule has 2 rings (SSSR count). The van der Waals surface area contributed by atoms with Crippen molar-refractivity contribution in [1.82, 2.24) is 4.98 Å². The van der Waals surface area contributed by atoms with E-state index >= 15 is 0 Å². The van der Waals surface area contributed by atoms with Crippen molar-refractivity contribution < 1.29 is 17.7 Å². The minimum atomic E-state index is -4.07. The zero-order valence-electron chi connectivity index (χ0n) is 9.86. The zero-order valence-corrected chi connectivity index (χ0v) is 10.7. The Kier molecular flexibility index (Phi) is 3.61. The molecule has 0 aliphatic heterocycles. The molecule has 9 heteroatoms. The molecule has 0 amide bonds. The van der Waals surface area contributed by atoms with E-state index in [4.69, 9.17) is 0 Å². The van der Waals surface area contributed by atoms with Crippen molar-refractivity contribution >= 4 is 21.5 Å². The molecular weight excluding hydrogens is 289 g/mol. The highest BCUT2D eigenvalue weighted by atomic mass is 32.2. The van der Waals surface area contributed by atoms with Crippen LogP contribution in [0.1, 0.15) is 0 Å². The van der Waals surface area contributed by atoms with Crippen LogP contribution in [0.2, 0.25) is 0 Å². The lowest BCUT2D eigenvalue weighted by atomic mass is 10.3. The molecule has 104 valence electrons. The van der Waals surface area contributed by atoms with Crippen LogP contribution in [0.15, 0.2) is 47.4 Å². The van der Waals surface area contributed by atoms with Gasteiger partial charge < -0.3 is 0 Å². The number of non-ortho nitro benzene ring substituents is 1. The van der Waals surface area contributed by atoms with Crippen LogP contribution in [-0.2, 0) is 10.0 Å². The van der Waals surface area contributed by atoms with Crippen molar-refractivity contribution in [3.05, 3.63) is 58.5 Å². The Labute approximate surface area is 113 Å². The first kappa shape index (κ1) is 13.9. The fourth-order valence-electron chi connectivity index (χ4n) is 1.43. The largest absolute Gasteiger partial charge is 0.270 e. The smallest absolute Gasteiger partial charge is 0.263 e. The maximum absolute atomic E-state index is 12.9. The van der Waals surface area contributed by atoms with E-state index in [2.05, 4.69) is 4.98 Å². The number of halogens is 1. The van der Waals surface area contributed by atoms with E-state index in [1.807, 2.05) is 4.72 Å². The van der Waals surface area contributed by atoms with Gasteiger partial charge in [0.15, 0.2) is 0 Å². The highest BCUT2D eigenvalue weighted by Gasteiger charge is 2.18. The molecule has 0 spiro atoms.